The monoisotopic (exact) mass is 409 g/mol. The van der Waals surface area contributed by atoms with E-state index in [1.165, 1.54) is 5.56 Å². The maximum atomic E-state index is 8.16. The summed E-state index contributed by atoms with van der Waals surface area (Å²) >= 11 is 0. The first kappa shape index (κ1) is 25.2. The van der Waals surface area contributed by atoms with Gasteiger partial charge in [0, 0.05) is 18.1 Å². The Bertz CT molecular complexity index is 553. The van der Waals surface area contributed by atoms with Crippen LogP contribution in [0.25, 0.3) is 10.4 Å². The molecule has 8 nitrogen and oxygen atoms in total. The summed E-state index contributed by atoms with van der Waals surface area (Å²) in [6.07, 6.45) is 5.30. The van der Waals surface area contributed by atoms with Gasteiger partial charge < -0.3 is 23.7 Å². The van der Waals surface area contributed by atoms with Crippen molar-refractivity contribution < 1.29 is 23.7 Å². The first-order chi connectivity index (χ1) is 14.4. The second-order valence-corrected chi connectivity index (χ2v) is 6.31. The molecule has 0 unspecified atom stereocenters. The molecule has 0 bridgehead atoms. The van der Waals surface area contributed by atoms with E-state index in [-0.39, 0.29) is 6.73 Å². The third kappa shape index (κ3) is 14.8. The lowest BCUT2D eigenvalue weighted by Crippen LogP contribution is -2.13. The predicted octanol–water partition coefficient (Wildman–Crippen LogP) is 4.52. The van der Waals surface area contributed by atoms with Crippen LogP contribution >= 0.6 is 0 Å². The summed E-state index contributed by atoms with van der Waals surface area (Å²) in [7, 11) is 0. The zero-order chi connectivity index (χ0) is 20.8. The highest BCUT2D eigenvalue weighted by Gasteiger charge is 2.03. The van der Waals surface area contributed by atoms with Crippen LogP contribution in [-0.4, -0.2) is 59.6 Å². The summed E-state index contributed by atoms with van der Waals surface area (Å²) in [6, 6.07) is 8.16. The van der Waals surface area contributed by atoms with E-state index in [0.29, 0.717) is 52.9 Å². The molecule has 0 heterocycles. The van der Waals surface area contributed by atoms with E-state index in [4.69, 9.17) is 29.2 Å². The molecule has 0 spiro atoms. The lowest BCUT2D eigenvalue weighted by atomic mass is 10.1. The Morgan fingerprint density at radius 2 is 1.48 bits per heavy atom. The van der Waals surface area contributed by atoms with Crippen molar-refractivity contribution in [2.45, 2.75) is 39.0 Å². The van der Waals surface area contributed by atoms with Gasteiger partial charge >= 0.3 is 0 Å². The molecule has 0 radical (unpaired) electrons. The standard InChI is InChI=1S/C21H35N3O5/c1-2-25-13-14-26-15-16-27-17-18-29-21-11-7-6-10-20(21)9-5-3-4-8-12-28-19-23-24-22/h6-7,10-11H,2-5,8-9,12-19H2,1H3. The highest BCUT2D eigenvalue weighted by atomic mass is 16.6. The van der Waals surface area contributed by atoms with Crippen molar-refractivity contribution >= 4 is 0 Å². The Morgan fingerprint density at radius 3 is 2.24 bits per heavy atom. The highest BCUT2D eigenvalue weighted by molar-refractivity contribution is 5.33. The van der Waals surface area contributed by atoms with E-state index < -0.39 is 0 Å². The van der Waals surface area contributed by atoms with Gasteiger partial charge in [0.25, 0.3) is 0 Å². The fourth-order valence-corrected chi connectivity index (χ4v) is 2.65. The molecule has 1 aromatic rings. The molecule has 8 heteroatoms. The van der Waals surface area contributed by atoms with Gasteiger partial charge in [-0.1, -0.05) is 36.2 Å². The molecule has 1 aromatic carbocycles. The second-order valence-electron chi connectivity index (χ2n) is 6.31. The van der Waals surface area contributed by atoms with Crippen molar-refractivity contribution in [3.05, 3.63) is 40.3 Å². The molecule has 0 atom stereocenters. The van der Waals surface area contributed by atoms with Gasteiger partial charge in [-0.15, -0.1) is 0 Å². The maximum Gasteiger partial charge on any atom is 0.125 e. The van der Waals surface area contributed by atoms with Gasteiger partial charge in [0.2, 0.25) is 0 Å². The molecule has 0 fully saturated rings. The van der Waals surface area contributed by atoms with Crippen molar-refractivity contribution in [2.75, 3.05) is 59.6 Å². The molecule has 0 aliphatic carbocycles. The van der Waals surface area contributed by atoms with Crippen LogP contribution in [0.5, 0.6) is 5.75 Å². The average Bonchev–Trinajstić information content (AvgIpc) is 2.74. The molecule has 0 saturated carbocycles. The van der Waals surface area contributed by atoms with Gasteiger partial charge in [-0.05, 0) is 43.3 Å². The SMILES string of the molecule is CCOCCOCCOCCOc1ccccc1CCCCCCOCN=[N+]=[N-]. The Labute approximate surface area is 174 Å². The van der Waals surface area contributed by atoms with Crippen LogP contribution in [0.4, 0.5) is 0 Å². The van der Waals surface area contributed by atoms with Crippen molar-refractivity contribution in [2.24, 2.45) is 5.11 Å². The minimum Gasteiger partial charge on any atom is -0.491 e. The molecule has 164 valence electrons. The first-order valence-corrected chi connectivity index (χ1v) is 10.4. The Hall–Kier alpha value is -1.83. The molecule has 29 heavy (non-hydrogen) atoms. The van der Waals surface area contributed by atoms with E-state index in [0.717, 1.165) is 37.9 Å². The summed E-state index contributed by atoms with van der Waals surface area (Å²) in [5, 5.41) is 3.34. The average molecular weight is 410 g/mol. The topological polar surface area (TPSA) is 94.9 Å². The van der Waals surface area contributed by atoms with E-state index in [9.17, 15) is 0 Å². The molecule has 0 aliphatic heterocycles. The predicted molar refractivity (Wildman–Crippen MR) is 112 cm³/mol. The number of aryl methyl sites for hydroxylation is 1. The van der Waals surface area contributed by atoms with E-state index in [2.05, 4.69) is 16.1 Å². The van der Waals surface area contributed by atoms with E-state index in [1.54, 1.807) is 0 Å². The molecule has 0 saturated heterocycles. The summed E-state index contributed by atoms with van der Waals surface area (Å²) in [4.78, 5) is 2.65. The van der Waals surface area contributed by atoms with Crippen LogP contribution in [0.3, 0.4) is 0 Å². The molecule has 0 amide bonds. The lowest BCUT2D eigenvalue weighted by Gasteiger charge is -2.12. The van der Waals surface area contributed by atoms with Gasteiger partial charge in [0.15, 0.2) is 0 Å². The third-order valence-electron chi connectivity index (χ3n) is 4.10. The lowest BCUT2D eigenvalue weighted by molar-refractivity contribution is 0.0113. The van der Waals surface area contributed by atoms with Crippen molar-refractivity contribution in [3.8, 4) is 5.75 Å². The minimum atomic E-state index is 0.117. The number of benzene rings is 1. The van der Waals surface area contributed by atoms with Crippen molar-refractivity contribution in [1.29, 1.82) is 0 Å². The van der Waals surface area contributed by atoms with E-state index in [1.807, 2.05) is 25.1 Å². The number of hydrogen-bond donors (Lipinski definition) is 0. The summed E-state index contributed by atoms with van der Waals surface area (Å²) in [5.74, 6) is 0.932. The van der Waals surface area contributed by atoms with Crippen molar-refractivity contribution in [3.63, 3.8) is 0 Å². The van der Waals surface area contributed by atoms with Gasteiger partial charge in [-0.2, -0.15) is 0 Å². The fraction of sp³-hybridized carbons (Fsp3) is 0.714. The Morgan fingerprint density at radius 1 is 0.793 bits per heavy atom. The largest absolute Gasteiger partial charge is 0.491 e. The van der Waals surface area contributed by atoms with Crippen LogP contribution in [-0.2, 0) is 25.4 Å². The smallest absolute Gasteiger partial charge is 0.125 e. The maximum absolute atomic E-state index is 8.16. The summed E-state index contributed by atoms with van der Waals surface area (Å²) < 4.78 is 27.2. The third-order valence-corrected chi connectivity index (χ3v) is 4.10. The summed E-state index contributed by atoms with van der Waals surface area (Å²) in [5.41, 5.74) is 9.39. The molecule has 0 N–H and O–H groups in total. The number of rotatable bonds is 20. The number of hydrogen-bond acceptors (Lipinski definition) is 6. The summed E-state index contributed by atoms with van der Waals surface area (Å²) in [6.45, 7) is 6.86. The molecular weight excluding hydrogens is 374 g/mol. The zero-order valence-corrected chi connectivity index (χ0v) is 17.6. The normalized spacial score (nSPS) is 10.7. The first-order valence-electron chi connectivity index (χ1n) is 10.4. The van der Waals surface area contributed by atoms with Crippen LogP contribution in [0.1, 0.15) is 38.2 Å². The molecule has 1 rings (SSSR count). The van der Waals surface area contributed by atoms with Gasteiger partial charge in [-0.3, -0.25) is 0 Å². The number of ether oxygens (including phenoxy) is 5. The van der Waals surface area contributed by atoms with Crippen LogP contribution in [0.2, 0.25) is 0 Å². The van der Waals surface area contributed by atoms with Crippen LogP contribution in [0, 0.1) is 0 Å². The Kier molecular flexibility index (Phi) is 16.9. The molecular formula is C21H35N3O5. The highest BCUT2D eigenvalue weighted by Crippen LogP contribution is 2.20. The zero-order valence-electron chi connectivity index (χ0n) is 17.6. The molecule has 0 aliphatic rings. The van der Waals surface area contributed by atoms with Gasteiger partial charge in [0.1, 0.15) is 19.1 Å². The number of para-hydroxylation sites is 1. The molecule has 0 aromatic heterocycles. The van der Waals surface area contributed by atoms with E-state index >= 15 is 0 Å². The van der Waals surface area contributed by atoms with Gasteiger partial charge in [0.05, 0.1) is 33.0 Å². The number of azide groups is 1. The Balaban J connectivity index is 2.06. The fourth-order valence-electron chi connectivity index (χ4n) is 2.65. The van der Waals surface area contributed by atoms with Gasteiger partial charge in [-0.25, -0.2) is 0 Å². The quantitative estimate of drug-likeness (QED) is 0.137. The number of nitrogens with zero attached hydrogens (tertiary/aromatic N) is 3. The minimum absolute atomic E-state index is 0.117. The van der Waals surface area contributed by atoms with Crippen LogP contribution in [0.15, 0.2) is 29.4 Å². The second kappa shape index (κ2) is 19.5. The van der Waals surface area contributed by atoms with Crippen LogP contribution < -0.4 is 4.74 Å². The number of unbranched alkanes of at least 4 members (excludes halogenated alkanes) is 3. The van der Waals surface area contributed by atoms with Crippen molar-refractivity contribution in [1.82, 2.24) is 0 Å².